The van der Waals surface area contributed by atoms with E-state index in [1.807, 2.05) is 0 Å². The molecular formula is C26H26F4N2O5. The van der Waals surface area contributed by atoms with Crippen LogP contribution >= 0.6 is 0 Å². The molecule has 2 aromatic carbocycles. The fourth-order valence-corrected chi connectivity index (χ4v) is 3.43. The third kappa shape index (κ3) is 6.55. The molecular weight excluding hydrogens is 496 g/mol. The Morgan fingerprint density at radius 1 is 1.08 bits per heavy atom. The summed E-state index contributed by atoms with van der Waals surface area (Å²) in [6.07, 6.45) is -5.95. The van der Waals surface area contributed by atoms with Crippen molar-refractivity contribution in [3.63, 3.8) is 0 Å². The van der Waals surface area contributed by atoms with Crippen LogP contribution in [0.5, 0.6) is 11.5 Å². The number of nitrogens with zero attached hydrogens (tertiary/aromatic N) is 1. The summed E-state index contributed by atoms with van der Waals surface area (Å²) in [6, 6.07) is 11.5. The van der Waals surface area contributed by atoms with Crippen LogP contribution in [-0.4, -0.2) is 53.6 Å². The van der Waals surface area contributed by atoms with Gasteiger partial charge in [0.1, 0.15) is 12.4 Å². The Labute approximate surface area is 210 Å². The lowest BCUT2D eigenvalue weighted by atomic mass is 9.95. The average Bonchev–Trinajstić information content (AvgIpc) is 2.84. The van der Waals surface area contributed by atoms with Crippen LogP contribution in [0.15, 0.2) is 54.6 Å². The lowest BCUT2D eigenvalue weighted by Gasteiger charge is -2.30. The van der Waals surface area contributed by atoms with Crippen LogP contribution in [0.2, 0.25) is 0 Å². The van der Waals surface area contributed by atoms with E-state index in [2.05, 4.69) is 10.3 Å². The van der Waals surface area contributed by atoms with Gasteiger partial charge in [0.05, 0.1) is 31.1 Å². The summed E-state index contributed by atoms with van der Waals surface area (Å²) in [5.41, 5.74) is -3.47. The van der Waals surface area contributed by atoms with Gasteiger partial charge in [-0.15, -0.1) is 0 Å². The first-order valence-corrected chi connectivity index (χ1v) is 11.2. The number of carbonyl (C=O) groups excluding carboxylic acids is 1. The van der Waals surface area contributed by atoms with Crippen LogP contribution in [0.3, 0.4) is 0 Å². The zero-order valence-electron chi connectivity index (χ0n) is 20.3. The van der Waals surface area contributed by atoms with E-state index in [1.54, 1.807) is 0 Å². The van der Waals surface area contributed by atoms with Gasteiger partial charge in [-0.1, -0.05) is 0 Å². The number of ether oxygens (including phenoxy) is 2. The molecule has 7 nitrogen and oxygen atoms in total. The highest BCUT2D eigenvalue weighted by atomic mass is 19.4. The molecule has 198 valence electrons. The van der Waals surface area contributed by atoms with E-state index in [1.165, 1.54) is 57.4 Å². The van der Waals surface area contributed by atoms with Crippen molar-refractivity contribution in [1.29, 1.82) is 0 Å². The van der Waals surface area contributed by atoms with Gasteiger partial charge in [-0.2, -0.15) is 13.2 Å². The van der Waals surface area contributed by atoms with Gasteiger partial charge in [0.2, 0.25) is 5.60 Å². The van der Waals surface area contributed by atoms with Gasteiger partial charge in [0.15, 0.2) is 11.5 Å². The molecule has 3 aromatic rings. The van der Waals surface area contributed by atoms with Gasteiger partial charge in [-0.3, -0.25) is 4.79 Å². The molecule has 1 amide bonds. The zero-order chi connectivity index (χ0) is 27.4. The Morgan fingerprint density at radius 2 is 1.76 bits per heavy atom. The standard InChI is InChI=1S/C26H26F4N2O5/c1-15-10-20(17-4-7-19(27)8-5-17)32-23(11-15)25(35,26(28,29)30)14-31-24(34)18-6-9-21(22(12-18)36-3)37-13-16(2)33/h4-12,16,33,35H,13-14H2,1-3H3,(H,31,34)/t16-,25+/m1/s1. The van der Waals surface area contributed by atoms with E-state index >= 15 is 0 Å². The lowest BCUT2D eigenvalue weighted by molar-refractivity contribution is -0.265. The molecule has 0 unspecified atom stereocenters. The van der Waals surface area contributed by atoms with Crippen LogP contribution in [0.25, 0.3) is 11.3 Å². The van der Waals surface area contributed by atoms with Crippen LogP contribution in [0.4, 0.5) is 17.6 Å². The monoisotopic (exact) mass is 522 g/mol. The number of aliphatic hydroxyl groups excluding tert-OH is 1. The predicted octanol–water partition coefficient (Wildman–Crippen LogP) is 4.14. The number of halogens is 4. The number of amides is 1. The van der Waals surface area contributed by atoms with Gasteiger partial charge in [0.25, 0.3) is 5.91 Å². The molecule has 3 rings (SSSR count). The number of pyridine rings is 1. The molecule has 1 aromatic heterocycles. The molecule has 37 heavy (non-hydrogen) atoms. The summed E-state index contributed by atoms with van der Waals surface area (Å²) < 4.78 is 66.2. The first kappa shape index (κ1) is 27.9. The molecule has 11 heteroatoms. The Hall–Kier alpha value is -3.70. The van der Waals surface area contributed by atoms with E-state index in [9.17, 15) is 32.6 Å². The van der Waals surface area contributed by atoms with Crippen molar-refractivity contribution in [2.75, 3.05) is 20.3 Å². The van der Waals surface area contributed by atoms with Crippen molar-refractivity contribution in [2.24, 2.45) is 0 Å². The highest BCUT2D eigenvalue weighted by Crippen LogP contribution is 2.39. The van der Waals surface area contributed by atoms with E-state index in [0.717, 1.165) is 18.2 Å². The van der Waals surface area contributed by atoms with E-state index in [0.29, 0.717) is 11.1 Å². The molecule has 0 bridgehead atoms. The van der Waals surface area contributed by atoms with Crippen LogP contribution in [-0.2, 0) is 5.60 Å². The number of carbonyl (C=O) groups is 1. The largest absolute Gasteiger partial charge is 0.493 e. The maximum absolute atomic E-state index is 14.1. The maximum atomic E-state index is 14.1. The molecule has 0 aliphatic heterocycles. The van der Waals surface area contributed by atoms with Crippen molar-refractivity contribution in [3.05, 3.63) is 77.2 Å². The molecule has 0 fully saturated rings. The van der Waals surface area contributed by atoms with E-state index in [4.69, 9.17) is 9.47 Å². The van der Waals surface area contributed by atoms with Crippen molar-refractivity contribution < 1.29 is 42.0 Å². The van der Waals surface area contributed by atoms with Gasteiger partial charge in [0, 0.05) is 11.1 Å². The Bertz CT molecular complexity index is 1250. The highest BCUT2D eigenvalue weighted by molar-refractivity contribution is 5.95. The van der Waals surface area contributed by atoms with Gasteiger partial charge >= 0.3 is 6.18 Å². The average molecular weight is 522 g/mol. The quantitative estimate of drug-likeness (QED) is 0.365. The maximum Gasteiger partial charge on any atom is 0.424 e. The lowest BCUT2D eigenvalue weighted by Crippen LogP contribution is -2.51. The normalized spacial score (nSPS) is 14.0. The Kier molecular flexibility index (Phi) is 8.39. The van der Waals surface area contributed by atoms with Crippen LogP contribution in [0, 0.1) is 12.7 Å². The summed E-state index contributed by atoms with van der Waals surface area (Å²) in [5.74, 6) is -1.08. The zero-order valence-corrected chi connectivity index (χ0v) is 20.3. The summed E-state index contributed by atoms with van der Waals surface area (Å²) >= 11 is 0. The SMILES string of the molecule is COc1cc(C(=O)NC[C@](O)(c2cc(C)cc(-c3ccc(F)cc3)n2)C(F)(F)F)ccc1OC[C@@H](C)O. The second-order valence-corrected chi connectivity index (χ2v) is 8.49. The Morgan fingerprint density at radius 3 is 2.35 bits per heavy atom. The molecule has 0 saturated heterocycles. The molecule has 3 N–H and O–H groups in total. The molecule has 0 spiro atoms. The highest BCUT2D eigenvalue weighted by Gasteiger charge is 2.56. The van der Waals surface area contributed by atoms with E-state index < -0.39 is 41.8 Å². The fourth-order valence-electron chi connectivity index (χ4n) is 3.43. The van der Waals surface area contributed by atoms with Gasteiger partial charge in [-0.25, -0.2) is 9.37 Å². The number of benzene rings is 2. The first-order valence-electron chi connectivity index (χ1n) is 11.2. The smallest absolute Gasteiger partial charge is 0.424 e. The number of aromatic nitrogens is 1. The molecule has 0 aliphatic carbocycles. The number of nitrogens with one attached hydrogen (secondary N) is 1. The van der Waals surface area contributed by atoms with Gasteiger partial charge < -0.3 is 25.0 Å². The predicted molar refractivity (Wildman–Crippen MR) is 127 cm³/mol. The number of hydrogen-bond donors (Lipinski definition) is 3. The number of rotatable bonds is 9. The first-order chi connectivity index (χ1) is 17.3. The Balaban J connectivity index is 1.88. The molecule has 0 radical (unpaired) electrons. The summed E-state index contributed by atoms with van der Waals surface area (Å²) in [7, 11) is 1.32. The molecule has 0 saturated carbocycles. The van der Waals surface area contributed by atoms with Crippen molar-refractivity contribution >= 4 is 5.91 Å². The number of aliphatic hydroxyl groups is 2. The number of hydrogen-bond acceptors (Lipinski definition) is 6. The topological polar surface area (TPSA) is 101 Å². The van der Waals surface area contributed by atoms with Crippen molar-refractivity contribution in [3.8, 4) is 22.8 Å². The minimum Gasteiger partial charge on any atom is -0.493 e. The minimum atomic E-state index is -5.20. The summed E-state index contributed by atoms with van der Waals surface area (Å²) in [5, 5.41) is 22.3. The third-order valence-electron chi connectivity index (χ3n) is 5.41. The molecule has 0 aliphatic rings. The summed E-state index contributed by atoms with van der Waals surface area (Å²) in [6.45, 7) is 1.78. The van der Waals surface area contributed by atoms with Crippen molar-refractivity contribution in [2.45, 2.75) is 31.7 Å². The second-order valence-electron chi connectivity index (χ2n) is 8.49. The molecule has 2 atom stereocenters. The molecule has 1 heterocycles. The minimum absolute atomic E-state index is 0.0378. The van der Waals surface area contributed by atoms with Crippen LogP contribution < -0.4 is 14.8 Å². The second kappa shape index (κ2) is 11.1. The van der Waals surface area contributed by atoms with E-state index in [-0.39, 0.29) is 29.4 Å². The number of methoxy groups -OCH3 is 1. The fraction of sp³-hybridized carbons (Fsp3) is 0.308. The van der Waals surface area contributed by atoms with Crippen molar-refractivity contribution in [1.82, 2.24) is 10.3 Å². The number of aryl methyl sites for hydroxylation is 1. The third-order valence-corrected chi connectivity index (χ3v) is 5.41. The van der Waals surface area contributed by atoms with Crippen LogP contribution in [0.1, 0.15) is 28.5 Å². The number of alkyl halides is 3. The summed E-state index contributed by atoms with van der Waals surface area (Å²) in [4.78, 5) is 16.7. The van der Waals surface area contributed by atoms with Gasteiger partial charge in [-0.05, 0) is 74.0 Å².